The van der Waals surface area contributed by atoms with Gasteiger partial charge in [0.05, 0.1) is 12.6 Å². The van der Waals surface area contributed by atoms with E-state index in [0.29, 0.717) is 17.1 Å². The van der Waals surface area contributed by atoms with Crippen molar-refractivity contribution in [1.29, 1.82) is 0 Å². The van der Waals surface area contributed by atoms with Crippen molar-refractivity contribution in [2.75, 3.05) is 19.6 Å². The van der Waals surface area contributed by atoms with Crippen LogP contribution < -0.4 is 10.6 Å². The molecule has 2 amide bonds. The minimum atomic E-state index is -0.135. The third-order valence-electron chi connectivity index (χ3n) is 5.08. The number of nitrogens with one attached hydrogen (secondary N) is 2. The molecule has 1 atom stereocenters. The molecule has 0 aliphatic carbocycles. The summed E-state index contributed by atoms with van der Waals surface area (Å²) in [5.41, 5.74) is 1.60. The average molecular weight is 400 g/mol. The van der Waals surface area contributed by atoms with Crippen molar-refractivity contribution in [2.45, 2.75) is 31.8 Å². The maximum absolute atomic E-state index is 12.4. The lowest BCUT2D eigenvalue weighted by molar-refractivity contribution is -0.123. The van der Waals surface area contributed by atoms with E-state index in [4.69, 9.17) is 11.6 Å². The Balaban J connectivity index is 1.42. The quantitative estimate of drug-likeness (QED) is 0.782. The third-order valence-corrected chi connectivity index (χ3v) is 5.42. The molecule has 2 aromatic rings. The first kappa shape index (κ1) is 20.4. The van der Waals surface area contributed by atoms with Gasteiger partial charge in [0.15, 0.2) is 0 Å². The number of hydrogen-bond acceptors (Lipinski definition) is 3. The molecule has 1 heterocycles. The first-order chi connectivity index (χ1) is 13.5. The summed E-state index contributed by atoms with van der Waals surface area (Å²) in [5, 5.41) is 6.76. The number of benzene rings is 2. The Morgan fingerprint density at radius 2 is 1.71 bits per heavy atom. The van der Waals surface area contributed by atoms with E-state index in [-0.39, 0.29) is 23.9 Å². The Morgan fingerprint density at radius 3 is 2.39 bits per heavy atom. The molecule has 1 aliphatic heterocycles. The molecular weight excluding hydrogens is 374 g/mol. The lowest BCUT2D eigenvalue weighted by atomic mass is 10.0. The zero-order chi connectivity index (χ0) is 19.9. The molecule has 1 fully saturated rings. The fourth-order valence-electron chi connectivity index (χ4n) is 3.49. The van der Waals surface area contributed by atoms with Crippen LogP contribution in [0.15, 0.2) is 54.6 Å². The van der Waals surface area contributed by atoms with Crippen LogP contribution in [-0.4, -0.2) is 42.4 Å². The van der Waals surface area contributed by atoms with Gasteiger partial charge in [-0.25, -0.2) is 0 Å². The lowest BCUT2D eigenvalue weighted by Crippen LogP contribution is -2.47. The predicted molar refractivity (Wildman–Crippen MR) is 111 cm³/mol. The van der Waals surface area contributed by atoms with Crippen molar-refractivity contribution >= 4 is 23.4 Å². The van der Waals surface area contributed by atoms with Gasteiger partial charge in [0.25, 0.3) is 5.91 Å². The van der Waals surface area contributed by atoms with E-state index in [1.165, 1.54) is 0 Å². The molecule has 2 N–H and O–H groups in total. The fraction of sp³-hybridized carbons (Fsp3) is 0.364. The van der Waals surface area contributed by atoms with Gasteiger partial charge >= 0.3 is 0 Å². The van der Waals surface area contributed by atoms with Gasteiger partial charge in [0.1, 0.15) is 0 Å². The number of nitrogens with zero attached hydrogens (tertiary/aromatic N) is 1. The van der Waals surface area contributed by atoms with Crippen LogP contribution >= 0.6 is 11.6 Å². The fourth-order valence-corrected chi connectivity index (χ4v) is 3.79. The molecule has 1 aliphatic rings. The smallest absolute Gasteiger partial charge is 0.251 e. The van der Waals surface area contributed by atoms with Gasteiger partial charge < -0.3 is 10.6 Å². The van der Waals surface area contributed by atoms with Crippen molar-refractivity contribution < 1.29 is 9.59 Å². The van der Waals surface area contributed by atoms with E-state index in [1.807, 2.05) is 61.5 Å². The van der Waals surface area contributed by atoms with Crippen LogP contribution in [0.2, 0.25) is 5.02 Å². The zero-order valence-electron chi connectivity index (χ0n) is 16.0. The summed E-state index contributed by atoms with van der Waals surface area (Å²) in [4.78, 5) is 26.8. The predicted octanol–water partition coefficient (Wildman–Crippen LogP) is 3.41. The Morgan fingerprint density at radius 1 is 1.07 bits per heavy atom. The summed E-state index contributed by atoms with van der Waals surface area (Å²) in [6.45, 7) is 3.86. The Kier molecular flexibility index (Phi) is 7.06. The van der Waals surface area contributed by atoms with E-state index in [9.17, 15) is 9.59 Å². The van der Waals surface area contributed by atoms with Crippen molar-refractivity contribution in [3.8, 4) is 0 Å². The standard InChI is InChI=1S/C22H26ClN3O2/c1-16(19-9-5-6-10-20(19)23)24-21(27)15-26-13-11-18(12-14-26)25-22(28)17-7-3-2-4-8-17/h2-10,16,18H,11-15H2,1H3,(H,24,27)(H,25,28). The summed E-state index contributed by atoms with van der Waals surface area (Å²) < 4.78 is 0. The molecule has 2 aromatic carbocycles. The molecular formula is C22H26ClN3O2. The van der Waals surface area contributed by atoms with Crippen molar-refractivity contribution in [2.24, 2.45) is 0 Å². The summed E-state index contributed by atoms with van der Waals surface area (Å²) in [6.07, 6.45) is 1.68. The number of rotatable bonds is 6. The minimum Gasteiger partial charge on any atom is -0.349 e. The second-order valence-corrected chi connectivity index (χ2v) is 7.61. The van der Waals surface area contributed by atoms with Crippen LogP contribution in [0.25, 0.3) is 0 Å². The van der Waals surface area contributed by atoms with Crippen LogP contribution in [0, 0.1) is 0 Å². The monoisotopic (exact) mass is 399 g/mol. The second kappa shape index (κ2) is 9.71. The first-order valence-electron chi connectivity index (χ1n) is 9.65. The summed E-state index contributed by atoms with van der Waals surface area (Å²) in [6, 6.07) is 16.8. The van der Waals surface area contributed by atoms with Crippen LogP contribution in [0.3, 0.4) is 0 Å². The molecule has 0 aromatic heterocycles. The highest BCUT2D eigenvalue weighted by molar-refractivity contribution is 6.31. The molecule has 0 bridgehead atoms. The Hall–Kier alpha value is -2.37. The number of likely N-dealkylation sites (tertiary alicyclic amines) is 1. The number of piperidine rings is 1. The molecule has 1 saturated heterocycles. The van der Waals surface area contributed by atoms with E-state index >= 15 is 0 Å². The van der Waals surface area contributed by atoms with Gasteiger partial charge in [0.2, 0.25) is 5.91 Å². The number of hydrogen-bond donors (Lipinski definition) is 2. The topological polar surface area (TPSA) is 61.4 Å². The van der Waals surface area contributed by atoms with Gasteiger partial charge in [0, 0.05) is 29.7 Å². The summed E-state index contributed by atoms with van der Waals surface area (Å²) >= 11 is 6.20. The summed E-state index contributed by atoms with van der Waals surface area (Å²) in [5.74, 6) is -0.0513. The maximum Gasteiger partial charge on any atom is 0.251 e. The molecule has 0 radical (unpaired) electrons. The van der Waals surface area contributed by atoms with Gasteiger partial charge in [-0.05, 0) is 43.5 Å². The highest BCUT2D eigenvalue weighted by Crippen LogP contribution is 2.22. The average Bonchev–Trinajstić information content (AvgIpc) is 2.70. The molecule has 28 heavy (non-hydrogen) atoms. The number of carbonyl (C=O) groups excluding carboxylic acids is 2. The highest BCUT2D eigenvalue weighted by Gasteiger charge is 2.23. The van der Waals surface area contributed by atoms with E-state index in [0.717, 1.165) is 31.5 Å². The minimum absolute atomic E-state index is 0.0146. The van der Waals surface area contributed by atoms with E-state index in [1.54, 1.807) is 0 Å². The van der Waals surface area contributed by atoms with E-state index in [2.05, 4.69) is 15.5 Å². The SMILES string of the molecule is CC(NC(=O)CN1CCC(NC(=O)c2ccccc2)CC1)c1ccccc1Cl. The van der Waals surface area contributed by atoms with E-state index < -0.39 is 0 Å². The zero-order valence-corrected chi connectivity index (χ0v) is 16.8. The molecule has 148 valence electrons. The van der Waals surface area contributed by atoms with Crippen LogP contribution in [0.4, 0.5) is 0 Å². The first-order valence-corrected chi connectivity index (χ1v) is 10.0. The third kappa shape index (κ3) is 5.57. The van der Waals surface area contributed by atoms with Crippen molar-refractivity contribution in [3.63, 3.8) is 0 Å². The number of carbonyl (C=O) groups is 2. The normalized spacial score (nSPS) is 16.4. The van der Waals surface area contributed by atoms with Crippen LogP contribution in [0.5, 0.6) is 0 Å². The Bertz CT molecular complexity index is 804. The largest absolute Gasteiger partial charge is 0.349 e. The maximum atomic E-state index is 12.4. The van der Waals surface area contributed by atoms with Crippen LogP contribution in [-0.2, 0) is 4.79 Å². The number of amides is 2. The number of halogens is 1. The van der Waals surface area contributed by atoms with Gasteiger partial charge in [-0.3, -0.25) is 14.5 Å². The molecule has 1 unspecified atom stereocenters. The lowest BCUT2D eigenvalue weighted by Gasteiger charge is -2.32. The molecule has 0 saturated carbocycles. The Labute approximate surface area is 171 Å². The van der Waals surface area contributed by atoms with Crippen molar-refractivity contribution in [1.82, 2.24) is 15.5 Å². The van der Waals surface area contributed by atoms with Crippen LogP contribution in [0.1, 0.15) is 41.7 Å². The van der Waals surface area contributed by atoms with Crippen molar-refractivity contribution in [3.05, 3.63) is 70.7 Å². The molecule has 0 spiro atoms. The highest BCUT2D eigenvalue weighted by atomic mass is 35.5. The second-order valence-electron chi connectivity index (χ2n) is 7.20. The molecule has 6 heteroatoms. The van der Waals surface area contributed by atoms with Gasteiger partial charge in [-0.1, -0.05) is 48.0 Å². The summed E-state index contributed by atoms with van der Waals surface area (Å²) in [7, 11) is 0. The molecule has 5 nitrogen and oxygen atoms in total. The van der Waals surface area contributed by atoms with Gasteiger partial charge in [-0.15, -0.1) is 0 Å². The molecule has 3 rings (SSSR count). The van der Waals surface area contributed by atoms with Gasteiger partial charge in [-0.2, -0.15) is 0 Å².